The van der Waals surface area contributed by atoms with Crippen molar-refractivity contribution < 1.29 is 0 Å². The second-order valence-electron chi connectivity index (χ2n) is 8.26. The second-order valence-corrected chi connectivity index (χ2v) is 8.67. The maximum Gasteiger partial charge on any atom is 0.0653 e. The van der Waals surface area contributed by atoms with E-state index in [1.165, 1.54) is 50.3 Å². The number of aromatic amines is 1. The zero-order chi connectivity index (χ0) is 25.4. The van der Waals surface area contributed by atoms with Crippen LogP contribution < -0.4 is 5.73 Å². The maximum absolute atomic E-state index is 6.27. The molecule has 0 aliphatic heterocycles. The molecule has 1 aliphatic carbocycles. The summed E-state index contributed by atoms with van der Waals surface area (Å²) in [5.74, 6) is 1.48. The topological polar surface area (TPSA) is 54.7 Å². The summed E-state index contributed by atoms with van der Waals surface area (Å²) < 4.78 is 0. The second kappa shape index (κ2) is 17.4. The number of hydrogen-bond donors (Lipinski definition) is 2. The smallest absolute Gasteiger partial charge is 0.0653 e. The molecule has 1 heterocycles. The average Bonchev–Trinajstić information content (AvgIpc) is 3.32. The van der Waals surface area contributed by atoms with Gasteiger partial charge in [-0.1, -0.05) is 90.5 Å². The number of nitrogens with zero attached hydrogens (tertiary/aromatic N) is 1. The minimum absolute atomic E-state index is 0.442. The van der Waals surface area contributed by atoms with E-state index in [2.05, 4.69) is 74.1 Å². The first kappa shape index (κ1) is 30.9. The molecule has 1 saturated carbocycles. The largest absolute Gasteiger partial charge is 0.333 e. The molecule has 0 amide bonds. The summed E-state index contributed by atoms with van der Waals surface area (Å²) in [6, 6.07) is 10.6. The monoisotopic (exact) mass is 471 g/mol. The molecule has 0 unspecified atom stereocenters. The van der Waals surface area contributed by atoms with Crippen LogP contribution in [-0.2, 0) is 0 Å². The highest BCUT2D eigenvalue weighted by Crippen LogP contribution is 2.34. The summed E-state index contributed by atoms with van der Waals surface area (Å²) in [7, 11) is 1.50. The first-order chi connectivity index (χ1) is 16.0. The number of fused-ring (bicyclic) bond motifs is 1. The number of aryl methyl sites for hydroxylation is 1. The van der Waals surface area contributed by atoms with Gasteiger partial charge in [0.05, 0.1) is 11.7 Å². The van der Waals surface area contributed by atoms with Crippen molar-refractivity contribution in [3.63, 3.8) is 0 Å². The molecule has 3 nitrogen and oxygen atoms in total. The van der Waals surface area contributed by atoms with Crippen LogP contribution in [0.4, 0.5) is 0 Å². The molecule has 3 N–H and O–H groups in total. The molecule has 1 aromatic heterocycles. The van der Waals surface area contributed by atoms with E-state index in [-0.39, 0.29) is 0 Å². The fourth-order valence-electron chi connectivity index (χ4n) is 3.80. The van der Waals surface area contributed by atoms with Gasteiger partial charge in [-0.3, -0.25) is 5.10 Å². The van der Waals surface area contributed by atoms with E-state index >= 15 is 0 Å². The summed E-state index contributed by atoms with van der Waals surface area (Å²) in [6.07, 6.45) is 9.30. The van der Waals surface area contributed by atoms with Gasteiger partial charge in [0.15, 0.2) is 0 Å². The predicted octanol–water partition coefficient (Wildman–Crippen LogP) is 9.31. The minimum atomic E-state index is 0.442. The third-order valence-corrected chi connectivity index (χ3v) is 6.02. The third kappa shape index (κ3) is 9.73. The van der Waals surface area contributed by atoms with Crippen molar-refractivity contribution >= 4 is 22.5 Å². The normalized spacial score (nSPS) is 12.8. The Bertz CT molecular complexity index is 908. The van der Waals surface area contributed by atoms with E-state index in [0.717, 1.165) is 33.0 Å². The first-order valence-electron chi connectivity index (χ1n) is 12.3. The van der Waals surface area contributed by atoms with Gasteiger partial charge < -0.3 is 5.73 Å². The van der Waals surface area contributed by atoms with E-state index in [4.69, 9.17) is 11.6 Å². The Kier molecular flexibility index (Phi) is 16.3. The standard InChI is InChI=1S/C17H17ClN2.C7H14.C2H6.C2H4.CH5N/c1-10(2)14-8-17-13(9-19-20-17)6-15(14)12-5-4-11(3)16(18)7-12;1-7-5-3-2-4-6-7;3*1-2/h4-10H,1-3H3,(H,19,20);7H,2-6H2,1H3;1-2H3;1-2H2;2H2,1H3. The van der Waals surface area contributed by atoms with Crippen LogP contribution in [0.2, 0.25) is 5.02 Å². The molecule has 1 fully saturated rings. The lowest BCUT2D eigenvalue weighted by Crippen LogP contribution is -1.99. The van der Waals surface area contributed by atoms with E-state index in [1.54, 1.807) is 0 Å². The molecule has 4 heteroatoms. The number of H-pyrrole nitrogens is 1. The quantitative estimate of drug-likeness (QED) is 0.365. The molecule has 0 spiro atoms. The van der Waals surface area contributed by atoms with Gasteiger partial charge in [0.25, 0.3) is 0 Å². The molecular weight excluding hydrogens is 426 g/mol. The summed E-state index contributed by atoms with van der Waals surface area (Å²) in [6.45, 7) is 18.8. The molecule has 184 valence electrons. The molecular formula is C29H46ClN3. The van der Waals surface area contributed by atoms with Crippen molar-refractivity contribution in [1.29, 1.82) is 0 Å². The molecule has 4 rings (SSSR count). The van der Waals surface area contributed by atoms with E-state index in [9.17, 15) is 0 Å². The molecule has 0 radical (unpaired) electrons. The Hall–Kier alpha value is -2.10. The Morgan fingerprint density at radius 3 is 2.12 bits per heavy atom. The third-order valence-electron chi connectivity index (χ3n) is 5.61. The van der Waals surface area contributed by atoms with Gasteiger partial charge in [-0.25, -0.2) is 0 Å². The Morgan fingerprint density at radius 1 is 1.03 bits per heavy atom. The summed E-state index contributed by atoms with van der Waals surface area (Å²) in [5, 5.41) is 9.09. The van der Waals surface area contributed by atoms with Gasteiger partial charge in [-0.05, 0) is 66.3 Å². The van der Waals surface area contributed by atoms with Gasteiger partial charge in [0.1, 0.15) is 0 Å². The van der Waals surface area contributed by atoms with Crippen molar-refractivity contribution in [1.82, 2.24) is 10.2 Å². The van der Waals surface area contributed by atoms with Crippen LogP contribution in [-0.4, -0.2) is 17.2 Å². The number of nitrogens with two attached hydrogens (primary N) is 1. The van der Waals surface area contributed by atoms with Gasteiger partial charge in [0, 0.05) is 10.4 Å². The first-order valence-corrected chi connectivity index (χ1v) is 12.6. The minimum Gasteiger partial charge on any atom is -0.333 e. The molecule has 3 aromatic rings. The van der Waals surface area contributed by atoms with Gasteiger partial charge in [0.2, 0.25) is 0 Å². The van der Waals surface area contributed by atoms with Crippen molar-refractivity contribution in [2.75, 3.05) is 7.05 Å². The van der Waals surface area contributed by atoms with Crippen LogP contribution in [0.1, 0.15) is 83.8 Å². The van der Waals surface area contributed by atoms with Gasteiger partial charge in [-0.2, -0.15) is 5.10 Å². The van der Waals surface area contributed by atoms with Crippen molar-refractivity contribution in [2.45, 2.75) is 79.6 Å². The van der Waals surface area contributed by atoms with Crippen LogP contribution in [0, 0.1) is 12.8 Å². The summed E-state index contributed by atoms with van der Waals surface area (Å²) >= 11 is 6.27. The SMILES string of the molecule is C=C.CC.CC1CCCCC1.CN.Cc1ccc(-c2cc3cn[nH]c3cc2C(C)C)cc1Cl. The number of rotatable bonds is 2. The van der Waals surface area contributed by atoms with Crippen molar-refractivity contribution in [3.05, 3.63) is 65.8 Å². The van der Waals surface area contributed by atoms with Crippen LogP contribution in [0.15, 0.2) is 49.7 Å². The molecule has 2 aromatic carbocycles. The van der Waals surface area contributed by atoms with Crippen molar-refractivity contribution in [3.8, 4) is 11.1 Å². The number of halogens is 1. The lowest BCUT2D eigenvalue weighted by molar-refractivity contribution is 0.385. The van der Waals surface area contributed by atoms with E-state index in [1.807, 2.05) is 33.0 Å². The predicted molar refractivity (Wildman–Crippen MR) is 150 cm³/mol. The highest BCUT2D eigenvalue weighted by atomic mass is 35.5. The van der Waals surface area contributed by atoms with E-state index < -0.39 is 0 Å². The fourth-order valence-corrected chi connectivity index (χ4v) is 3.98. The number of aromatic nitrogens is 2. The molecule has 0 atom stereocenters. The number of hydrogen-bond acceptors (Lipinski definition) is 2. The maximum atomic E-state index is 6.27. The molecule has 0 saturated heterocycles. The van der Waals surface area contributed by atoms with Crippen LogP contribution >= 0.6 is 11.6 Å². The summed E-state index contributed by atoms with van der Waals surface area (Å²) in [4.78, 5) is 0. The lowest BCUT2D eigenvalue weighted by Gasteiger charge is -2.15. The lowest BCUT2D eigenvalue weighted by atomic mass is 9.91. The Morgan fingerprint density at radius 2 is 1.64 bits per heavy atom. The zero-order valence-electron chi connectivity index (χ0n) is 22.0. The highest BCUT2D eigenvalue weighted by Gasteiger charge is 2.12. The van der Waals surface area contributed by atoms with Crippen molar-refractivity contribution in [2.24, 2.45) is 11.7 Å². The molecule has 1 aliphatic rings. The van der Waals surface area contributed by atoms with Gasteiger partial charge >= 0.3 is 0 Å². The van der Waals surface area contributed by atoms with Gasteiger partial charge in [-0.15, -0.1) is 13.2 Å². The Labute approximate surface area is 207 Å². The summed E-state index contributed by atoms with van der Waals surface area (Å²) in [5.41, 5.74) is 10.4. The molecule has 33 heavy (non-hydrogen) atoms. The van der Waals surface area contributed by atoms with Crippen LogP contribution in [0.3, 0.4) is 0 Å². The number of benzene rings is 2. The molecule has 0 bridgehead atoms. The highest BCUT2D eigenvalue weighted by molar-refractivity contribution is 6.31. The van der Waals surface area contributed by atoms with E-state index in [0.29, 0.717) is 5.92 Å². The van der Waals surface area contributed by atoms with Crippen LogP contribution in [0.25, 0.3) is 22.0 Å². The Balaban J connectivity index is 0.000000659. The number of nitrogens with one attached hydrogen (secondary N) is 1. The van der Waals surface area contributed by atoms with Crippen LogP contribution in [0.5, 0.6) is 0 Å². The average molecular weight is 472 g/mol. The fraction of sp³-hybridized carbons (Fsp3) is 0.483. The zero-order valence-corrected chi connectivity index (χ0v) is 22.7.